The monoisotopic (exact) mass is 403 g/mol. The fourth-order valence-electron chi connectivity index (χ4n) is 3.50. The lowest BCUT2D eigenvalue weighted by Crippen LogP contribution is -2.40. The molecule has 0 aliphatic carbocycles. The normalized spacial score (nSPS) is 18.8. The summed E-state index contributed by atoms with van der Waals surface area (Å²) in [5.41, 5.74) is 2.24. The lowest BCUT2D eigenvalue weighted by atomic mass is 9.86. The van der Waals surface area contributed by atoms with Crippen LogP contribution in [0.5, 0.6) is 0 Å². The molecular formula is C22H26FNO3S. The van der Waals surface area contributed by atoms with Gasteiger partial charge in [0.15, 0.2) is 9.84 Å². The molecule has 1 fully saturated rings. The summed E-state index contributed by atoms with van der Waals surface area (Å²) in [6.45, 7) is 6.48. The highest BCUT2D eigenvalue weighted by atomic mass is 32.2. The highest BCUT2D eigenvalue weighted by Crippen LogP contribution is 2.25. The van der Waals surface area contributed by atoms with E-state index in [4.69, 9.17) is 0 Å². The van der Waals surface area contributed by atoms with Gasteiger partial charge in [0.05, 0.1) is 11.5 Å². The standard InChI is InChI=1S/C22H26FNO3S/c1-22(2,3)18-9-7-17(8-10-18)21(25)24(20-11-12-28(26,27)15-20)14-16-5-4-6-19(23)13-16/h4-10,13,20H,11-12,14-15H2,1-3H3/t20-/m1/s1. The largest absolute Gasteiger partial charge is 0.330 e. The van der Waals surface area contributed by atoms with Gasteiger partial charge in [-0.1, -0.05) is 45.0 Å². The van der Waals surface area contributed by atoms with Gasteiger partial charge in [-0.2, -0.15) is 0 Å². The van der Waals surface area contributed by atoms with E-state index in [9.17, 15) is 17.6 Å². The van der Waals surface area contributed by atoms with Gasteiger partial charge in [0.1, 0.15) is 5.82 Å². The van der Waals surface area contributed by atoms with Crippen LogP contribution >= 0.6 is 0 Å². The van der Waals surface area contributed by atoms with E-state index in [1.54, 1.807) is 29.2 Å². The average Bonchev–Trinajstić information content (AvgIpc) is 2.98. The number of hydrogen-bond donors (Lipinski definition) is 0. The maximum Gasteiger partial charge on any atom is 0.254 e. The number of amides is 1. The van der Waals surface area contributed by atoms with Gasteiger partial charge in [-0.05, 0) is 47.2 Å². The van der Waals surface area contributed by atoms with Crippen LogP contribution in [0.3, 0.4) is 0 Å². The van der Waals surface area contributed by atoms with Crippen molar-refractivity contribution >= 4 is 15.7 Å². The lowest BCUT2D eigenvalue weighted by Gasteiger charge is -2.29. The first-order valence-electron chi connectivity index (χ1n) is 9.41. The van der Waals surface area contributed by atoms with E-state index in [2.05, 4.69) is 20.8 Å². The summed E-state index contributed by atoms with van der Waals surface area (Å²) in [4.78, 5) is 14.8. The second-order valence-electron chi connectivity index (χ2n) is 8.45. The molecule has 0 spiro atoms. The molecule has 1 amide bonds. The predicted molar refractivity (Wildman–Crippen MR) is 108 cm³/mol. The Balaban J connectivity index is 1.90. The molecule has 1 saturated heterocycles. The molecule has 0 aromatic heterocycles. The zero-order valence-electron chi connectivity index (χ0n) is 16.5. The SMILES string of the molecule is CC(C)(C)c1ccc(C(=O)N(Cc2cccc(F)c2)[C@@H]2CCS(=O)(=O)C2)cc1. The van der Waals surface area contributed by atoms with Crippen molar-refractivity contribution in [3.63, 3.8) is 0 Å². The van der Waals surface area contributed by atoms with E-state index in [1.807, 2.05) is 12.1 Å². The number of hydrogen-bond acceptors (Lipinski definition) is 3. The van der Waals surface area contributed by atoms with E-state index in [0.29, 0.717) is 17.5 Å². The molecule has 28 heavy (non-hydrogen) atoms. The molecule has 1 aliphatic rings. The summed E-state index contributed by atoms with van der Waals surface area (Å²) in [5, 5.41) is 0. The zero-order valence-corrected chi connectivity index (χ0v) is 17.3. The molecule has 6 heteroatoms. The van der Waals surface area contributed by atoms with Crippen LogP contribution in [0.1, 0.15) is 48.7 Å². The van der Waals surface area contributed by atoms with Crippen LogP contribution in [0.4, 0.5) is 4.39 Å². The van der Waals surface area contributed by atoms with Crippen molar-refractivity contribution < 1.29 is 17.6 Å². The van der Waals surface area contributed by atoms with Gasteiger partial charge >= 0.3 is 0 Å². The zero-order chi connectivity index (χ0) is 20.5. The summed E-state index contributed by atoms with van der Waals surface area (Å²) in [6.07, 6.45) is 0.406. The van der Waals surface area contributed by atoms with E-state index < -0.39 is 15.9 Å². The Kier molecular flexibility index (Phi) is 5.62. The van der Waals surface area contributed by atoms with E-state index in [-0.39, 0.29) is 35.2 Å². The fourth-order valence-corrected chi connectivity index (χ4v) is 5.23. The number of benzene rings is 2. The van der Waals surface area contributed by atoms with E-state index >= 15 is 0 Å². The lowest BCUT2D eigenvalue weighted by molar-refractivity contribution is 0.0680. The second-order valence-corrected chi connectivity index (χ2v) is 10.7. The maximum absolute atomic E-state index is 13.6. The summed E-state index contributed by atoms with van der Waals surface area (Å²) >= 11 is 0. The van der Waals surface area contributed by atoms with Crippen LogP contribution < -0.4 is 0 Å². The van der Waals surface area contributed by atoms with Crippen molar-refractivity contribution in [3.05, 3.63) is 71.0 Å². The van der Waals surface area contributed by atoms with Gasteiger partial charge in [0, 0.05) is 18.2 Å². The maximum atomic E-state index is 13.6. The Morgan fingerprint density at radius 2 is 1.82 bits per heavy atom. The Labute approximate surface area is 166 Å². The molecule has 2 aromatic carbocycles. The quantitative estimate of drug-likeness (QED) is 0.777. The minimum atomic E-state index is -3.15. The molecule has 4 nitrogen and oxygen atoms in total. The predicted octanol–water partition coefficient (Wildman–Crippen LogP) is 3.95. The van der Waals surface area contributed by atoms with Crippen molar-refractivity contribution in [3.8, 4) is 0 Å². The molecule has 1 heterocycles. The minimum Gasteiger partial charge on any atom is -0.330 e. The number of rotatable bonds is 4. The Morgan fingerprint density at radius 1 is 1.14 bits per heavy atom. The smallest absolute Gasteiger partial charge is 0.254 e. The Morgan fingerprint density at radius 3 is 2.36 bits per heavy atom. The van der Waals surface area contributed by atoms with Crippen LogP contribution in [0.25, 0.3) is 0 Å². The summed E-state index contributed by atoms with van der Waals surface area (Å²) in [5.74, 6) is -0.577. The van der Waals surface area contributed by atoms with Crippen molar-refractivity contribution in [2.45, 2.75) is 45.2 Å². The molecule has 0 unspecified atom stereocenters. The van der Waals surface area contributed by atoms with Crippen molar-refractivity contribution in [2.24, 2.45) is 0 Å². The molecule has 3 rings (SSSR count). The van der Waals surface area contributed by atoms with Gasteiger partial charge in [-0.25, -0.2) is 12.8 Å². The average molecular weight is 404 g/mol. The third kappa shape index (κ3) is 4.79. The molecule has 2 aromatic rings. The topological polar surface area (TPSA) is 54.5 Å². The van der Waals surface area contributed by atoms with Gasteiger partial charge in [0.2, 0.25) is 0 Å². The molecule has 0 saturated carbocycles. The highest BCUT2D eigenvalue weighted by molar-refractivity contribution is 7.91. The summed E-state index contributed by atoms with van der Waals surface area (Å²) < 4.78 is 37.5. The Bertz CT molecular complexity index is 962. The van der Waals surface area contributed by atoms with Gasteiger partial charge in [-0.3, -0.25) is 4.79 Å². The summed E-state index contributed by atoms with van der Waals surface area (Å²) in [7, 11) is -3.15. The van der Waals surface area contributed by atoms with Gasteiger partial charge < -0.3 is 4.90 Å². The first-order valence-corrected chi connectivity index (χ1v) is 11.2. The molecule has 1 aliphatic heterocycles. The number of carbonyl (C=O) groups excluding carboxylic acids is 1. The van der Waals surface area contributed by atoms with Gasteiger partial charge in [-0.15, -0.1) is 0 Å². The van der Waals surface area contributed by atoms with E-state index in [1.165, 1.54) is 12.1 Å². The fraction of sp³-hybridized carbons (Fsp3) is 0.409. The van der Waals surface area contributed by atoms with E-state index in [0.717, 1.165) is 5.56 Å². The molecular weight excluding hydrogens is 377 g/mol. The number of sulfone groups is 1. The molecule has 0 bridgehead atoms. The molecule has 0 N–H and O–H groups in total. The Hall–Kier alpha value is -2.21. The van der Waals surface area contributed by atoms with Crippen molar-refractivity contribution in [2.75, 3.05) is 11.5 Å². The number of halogens is 1. The second kappa shape index (κ2) is 7.66. The highest BCUT2D eigenvalue weighted by Gasteiger charge is 2.35. The van der Waals surface area contributed by atoms with Crippen LogP contribution in [-0.4, -0.2) is 36.8 Å². The first kappa shape index (κ1) is 20.5. The first-order chi connectivity index (χ1) is 13.0. The summed E-state index contributed by atoms with van der Waals surface area (Å²) in [6, 6.07) is 13.1. The van der Waals surface area contributed by atoms with Crippen LogP contribution in [-0.2, 0) is 21.8 Å². The number of carbonyl (C=O) groups is 1. The molecule has 0 radical (unpaired) electrons. The van der Waals surface area contributed by atoms with Crippen molar-refractivity contribution in [1.82, 2.24) is 4.90 Å². The molecule has 150 valence electrons. The van der Waals surface area contributed by atoms with Crippen molar-refractivity contribution in [1.29, 1.82) is 0 Å². The van der Waals surface area contributed by atoms with Crippen LogP contribution in [0.2, 0.25) is 0 Å². The minimum absolute atomic E-state index is 0.0254. The third-order valence-electron chi connectivity index (χ3n) is 5.15. The third-order valence-corrected chi connectivity index (χ3v) is 6.90. The van der Waals surface area contributed by atoms with Gasteiger partial charge in [0.25, 0.3) is 5.91 Å². The molecule has 1 atom stereocenters. The van der Waals surface area contributed by atoms with Crippen LogP contribution in [0, 0.1) is 5.82 Å². The number of nitrogens with zero attached hydrogens (tertiary/aromatic N) is 1. The van der Waals surface area contributed by atoms with Crippen LogP contribution in [0.15, 0.2) is 48.5 Å².